The minimum atomic E-state index is 0.602. The molecule has 0 aliphatic heterocycles. The molecule has 0 bridgehead atoms. The van der Waals surface area contributed by atoms with Crippen molar-refractivity contribution >= 4 is 12.2 Å². The van der Waals surface area contributed by atoms with Gasteiger partial charge in [0.1, 0.15) is 10.5 Å². The average molecular weight is 243 g/mol. The number of aromatic amines is 1. The molecule has 2 aromatic heterocycles. The predicted molar refractivity (Wildman–Crippen MR) is 68.4 cm³/mol. The smallest absolute Gasteiger partial charge is 0.130 e. The van der Waals surface area contributed by atoms with E-state index in [1.54, 1.807) is 6.20 Å². The SMILES string of the molecule is S=c1cc(Cc2cccnc2)[nH]c(C2CC2)n1. The molecule has 2 aromatic rings. The largest absolute Gasteiger partial charge is 0.347 e. The van der Waals surface area contributed by atoms with Gasteiger partial charge in [-0.3, -0.25) is 4.98 Å². The Balaban J connectivity index is 1.90. The van der Waals surface area contributed by atoms with E-state index < -0.39 is 0 Å². The maximum absolute atomic E-state index is 5.20. The highest BCUT2D eigenvalue weighted by molar-refractivity contribution is 7.71. The third-order valence-electron chi connectivity index (χ3n) is 2.90. The van der Waals surface area contributed by atoms with Crippen molar-refractivity contribution in [2.45, 2.75) is 25.2 Å². The van der Waals surface area contributed by atoms with Gasteiger partial charge >= 0.3 is 0 Å². The Morgan fingerprint density at radius 3 is 3.00 bits per heavy atom. The van der Waals surface area contributed by atoms with Crippen molar-refractivity contribution in [1.29, 1.82) is 0 Å². The molecule has 86 valence electrons. The topological polar surface area (TPSA) is 41.6 Å². The molecule has 3 rings (SSSR count). The summed E-state index contributed by atoms with van der Waals surface area (Å²) in [4.78, 5) is 11.9. The third kappa shape index (κ3) is 2.58. The highest BCUT2D eigenvalue weighted by Crippen LogP contribution is 2.37. The second kappa shape index (κ2) is 4.37. The summed E-state index contributed by atoms with van der Waals surface area (Å²) in [5.74, 6) is 1.65. The number of nitrogens with zero attached hydrogens (tertiary/aromatic N) is 2. The van der Waals surface area contributed by atoms with E-state index in [1.165, 1.54) is 18.4 Å². The second-order valence-electron chi connectivity index (χ2n) is 4.44. The van der Waals surface area contributed by atoms with Gasteiger partial charge in [0.15, 0.2) is 0 Å². The summed E-state index contributed by atoms with van der Waals surface area (Å²) in [5, 5.41) is 0. The van der Waals surface area contributed by atoms with Gasteiger partial charge in [-0.1, -0.05) is 18.3 Å². The highest BCUT2D eigenvalue weighted by atomic mass is 32.1. The molecule has 0 spiro atoms. The van der Waals surface area contributed by atoms with Crippen LogP contribution in [0, 0.1) is 4.64 Å². The molecule has 4 heteroatoms. The van der Waals surface area contributed by atoms with Crippen molar-refractivity contribution in [3.05, 3.63) is 52.3 Å². The minimum absolute atomic E-state index is 0.602. The Kier molecular flexibility index (Phi) is 2.73. The molecule has 1 aliphatic rings. The van der Waals surface area contributed by atoms with Crippen LogP contribution in [0.5, 0.6) is 0 Å². The van der Waals surface area contributed by atoms with Crippen molar-refractivity contribution in [3.63, 3.8) is 0 Å². The Morgan fingerprint density at radius 1 is 1.41 bits per heavy atom. The molecule has 1 N–H and O–H groups in total. The molecule has 17 heavy (non-hydrogen) atoms. The summed E-state index contributed by atoms with van der Waals surface area (Å²) in [6.45, 7) is 0. The first-order valence-corrected chi connectivity index (χ1v) is 6.21. The summed E-state index contributed by atoms with van der Waals surface area (Å²) >= 11 is 5.20. The van der Waals surface area contributed by atoms with Gasteiger partial charge in [-0.2, -0.15) is 0 Å². The van der Waals surface area contributed by atoms with Gasteiger partial charge in [0.2, 0.25) is 0 Å². The van der Waals surface area contributed by atoms with Crippen molar-refractivity contribution in [1.82, 2.24) is 15.0 Å². The zero-order valence-electron chi connectivity index (χ0n) is 9.39. The maximum atomic E-state index is 5.20. The molecule has 1 fully saturated rings. The standard InChI is InChI=1S/C13H13N3S/c17-12-7-11(6-9-2-1-5-14-8-9)15-13(16-12)10-3-4-10/h1-2,5,7-8,10H,3-4,6H2,(H,15,16,17). The van der Waals surface area contributed by atoms with Crippen molar-refractivity contribution in [2.75, 3.05) is 0 Å². The van der Waals surface area contributed by atoms with Crippen LogP contribution in [0.3, 0.4) is 0 Å². The quantitative estimate of drug-likeness (QED) is 0.843. The number of aromatic nitrogens is 3. The monoisotopic (exact) mass is 243 g/mol. The van der Waals surface area contributed by atoms with Crippen LogP contribution in [-0.4, -0.2) is 15.0 Å². The zero-order valence-corrected chi connectivity index (χ0v) is 10.2. The molecule has 0 saturated heterocycles. The fraction of sp³-hybridized carbons (Fsp3) is 0.308. The Labute approximate surface area is 105 Å². The minimum Gasteiger partial charge on any atom is -0.347 e. The molecule has 0 unspecified atom stereocenters. The van der Waals surface area contributed by atoms with Crippen LogP contribution in [0.1, 0.15) is 35.8 Å². The number of hydrogen-bond acceptors (Lipinski definition) is 3. The van der Waals surface area contributed by atoms with Gasteiger partial charge in [-0.05, 0) is 30.5 Å². The summed E-state index contributed by atoms with van der Waals surface area (Å²) in [6, 6.07) is 5.96. The molecule has 3 nitrogen and oxygen atoms in total. The summed E-state index contributed by atoms with van der Waals surface area (Å²) in [5.41, 5.74) is 2.31. The van der Waals surface area contributed by atoms with E-state index in [-0.39, 0.29) is 0 Å². The lowest BCUT2D eigenvalue weighted by atomic mass is 10.1. The summed E-state index contributed by atoms with van der Waals surface area (Å²) in [7, 11) is 0. The molecule has 2 heterocycles. The normalized spacial score (nSPS) is 14.8. The highest BCUT2D eigenvalue weighted by Gasteiger charge is 2.25. The molecule has 1 aliphatic carbocycles. The maximum Gasteiger partial charge on any atom is 0.130 e. The van der Waals surface area contributed by atoms with Crippen LogP contribution in [0.15, 0.2) is 30.6 Å². The first-order valence-electron chi connectivity index (χ1n) is 5.80. The third-order valence-corrected chi connectivity index (χ3v) is 3.11. The van der Waals surface area contributed by atoms with Crippen LogP contribution in [-0.2, 0) is 6.42 Å². The lowest BCUT2D eigenvalue weighted by Crippen LogP contribution is -1.99. The van der Waals surface area contributed by atoms with Gasteiger partial charge < -0.3 is 4.98 Å². The van der Waals surface area contributed by atoms with Gasteiger partial charge in [0.25, 0.3) is 0 Å². The van der Waals surface area contributed by atoms with Crippen molar-refractivity contribution < 1.29 is 0 Å². The van der Waals surface area contributed by atoms with Gasteiger partial charge in [-0.25, -0.2) is 4.98 Å². The van der Waals surface area contributed by atoms with E-state index in [4.69, 9.17) is 12.2 Å². The number of nitrogens with one attached hydrogen (secondary N) is 1. The van der Waals surface area contributed by atoms with E-state index in [0.29, 0.717) is 10.6 Å². The predicted octanol–water partition coefficient (Wildman–Crippen LogP) is 3.00. The van der Waals surface area contributed by atoms with E-state index >= 15 is 0 Å². The first-order chi connectivity index (χ1) is 8.31. The summed E-state index contributed by atoms with van der Waals surface area (Å²) in [6.07, 6.45) is 6.96. The van der Waals surface area contributed by atoms with Crippen molar-refractivity contribution in [3.8, 4) is 0 Å². The Bertz CT molecular complexity index is 573. The molecule has 0 radical (unpaired) electrons. The molecular formula is C13H13N3S. The number of rotatable bonds is 3. The van der Waals surface area contributed by atoms with Gasteiger partial charge in [-0.15, -0.1) is 0 Å². The Hall–Kier alpha value is -1.55. The molecular weight excluding hydrogens is 230 g/mol. The average Bonchev–Trinajstić information content (AvgIpc) is 3.13. The van der Waals surface area contributed by atoms with Crippen LogP contribution < -0.4 is 0 Å². The van der Waals surface area contributed by atoms with Crippen LogP contribution >= 0.6 is 12.2 Å². The molecule has 1 saturated carbocycles. The fourth-order valence-electron chi connectivity index (χ4n) is 1.90. The number of hydrogen-bond donors (Lipinski definition) is 1. The van der Waals surface area contributed by atoms with E-state index in [9.17, 15) is 0 Å². The molecule has 0 aromatic carbocycles. The molecule has 0 atom stereocenters. The number of H-pyrrole nitrogens is 1. The van der Waals surface area contributed by atoms with Gasteiger partial charge in [0.05, 0.1) is 0 Å². The first kappa shape index (κ1) is 10.6. The fourth-order valence-corrected chi connectivity index (χ4v) is 2.14. The summed E-state index contributed by atoms with van der Waals surface area (Å²) < 4.78 is 0.685. The van der Waals surface area contributed by atoms with E-state index in [2.05, 4.69) is 21.0 Å². The van der Waals surface area contributed by atoms with E-state index in [1.807, 2.05) is 18.3 Å². The molecule has 0 amide bonds. The number of pyridine rings is 1. The lowest BCUT2D eigenvalue weighted by Gasteiger charge is -2.05. The van der Waals surface area contributed by atoms with Crippen LogP contribution in [0.2, 0.25) is 0 Å². The van der Waals surface area contributed by atoms with E-state index in [0.717, 1.165) is 17.9 Å². The Morgan fingerprint density at radius 2 is 2.29 bits per heavy atom. The van der Waals surface area contributed by atoms with Gasteiger partial charge in [0, 0.05) is 30.4 Å². The second-order valence-corrected chi connectivity index (χ2v) is 4.86. The van der Waals surface area contributed by atoms with Crippen LogP contribution in [0.25, 0.3) is 0 Å². The zero-order chi connectivity index (χ0) is 11.7. The van der Waals surface area contributed by atoms with Crippen LogP contribution in [0.4, 0.5) is 0 Å². The lowest BCUT2D eigenvalue weighted by molar-refractivity contribution is 0.880. The van der Waals surface area contributed by atoms with Crippen molar-refractivity contribution in [2.24, 2.45) is 0 Å².